The van der Waals surface area contributed by atoms with Crippen LogP contribution in [0.15, 0.2) is 42.7 Å². The van der Waals surface area contributed by atoms with Crippen molar-refractivity contribution in [2.24, 2.45) is 11.3 Å². The lowest BCUT2D eigenvalue weighted by Gasteiger charge is -2.54. The molecule has 0 amide bonds. The molecule has 1 aliphatic carbocycles. The van der Waals surface area contributed by atoms with Gasteiger partial charge in [-0.25, -0.2) is 23.1 Å². The predicted octanol–water partition coefficient (Wildman–Crippen LogP) is 6.08. The highest BCUT2D eigenvalue weighted by atomic mass is 32.2. The summed E-state index contributed by atoms with van der Waals surface area (Å²) in [5.74, 6) is 1.11. The van der Waals surface area contributed by atoms with E-state index in [0.29, 0.717) is 28.3 Å². The number of halogens is 3. The van der Waals surface area contributed by atoms with Crippen molar-refractivity contribution in [2.45, 2.75) is 77.2 Å². The molecule has 13 heteroatoms. The molecule has 2 aromatic heterocycles. The fourth-order valence-electron chi connectivity index (χ4n) is 8.35. The number of hydrogen-bond donors (Lipinski definition) is 1. The first-order chi connectivity index (χ1) is 23.3. The summed E-state index contributed by atoms with van der Waals surface area (Å²) in [6, 6.07) is 13.5. The average Bonchev–Trinajstić information content (AvgIpc) is 3.39. The zero-order valence-electron chi connectivity index (χ0n) is 27.9. The molecule has 4 heterocycles. The molecule has 0 unspecified atom stereocenters. The van der Waals surface area contributed by atoms with Crippen LogP contribution in [0.2, 0.25) is 0 Å². The van der Waals surface area contributed by atoms with Crippen molar-refractivity contribution in [1.29, 1.82) is 5.26 Å². The van der Waals surface area contributed by atoms with Crippen LogP contribution < -0.4 is 9.62 Å². The summed E-state index contributed by atoms with van der Waals surface area (Å²) in [4.78, 5) is 13.5. The molecule has 0 radical (unpaired) electrons. The number of anilines is 1. The van der Waals surface area contributed by atoms with Gasteiger partial charge in [-0.05, 0) is 105 Å². The average molecular weight is 694 g/mol. The van der Waals surface area contributed by atoms with Gasteiger partial charge in [-0.15, -0.1) is 0 Å². The zero-order valence-corrected chi connectivity index (χ0v) is 28.7. The third-order valence-electron chi connectivity index (χ3n) is 11.0. The highest BCUT2D eigenvalue weighted by Gasteiger charge is 2.45. The Morgan fingerprint density at radius 3 is 2.43 bits per heavy atom. The summed E-state index contributed by atoms with van der Waals surface area (Å²) in [5, 5.41) is 11.8. The summed E-state index contributed by atoms with van der Waals surface area (Å²) >= 11 is 0. The molecule has 2 aliphatic heterocycles. The maximum absolute atomic E-state index is 13.1. The smallest absolute Gasteiger partial charge is 0.355 e. The Labute approximate surface area is 285 Å². The summed E-state index contributed by atoms with van der Waals surface area (Å²) < 4.78 is 67.4. The van der Waals surface area contributed by atoms with Gasteiger partial charge in [0.2, 0.25) is 10.0 Å². The highest BCUT2D eigenvalue weighted by Crippen LogP contribution is 2.44. The number of fused-ring (bicyclic) bond motifs is 2. The van der Waals surface area contributed by atoms with Crippen LogP contribution in [0.3, 0.4) is 0 Å². The molecule has 7 rings (SSSR count). The van der Waals surface area contributed by atoms with E-state index in [2.05, 4.69) is 54.2 Å². The summed E-state index contributed by atoms with van der Waals surface area (Å²) in [6.07, 6.45) is 3.01. The lowest BCUT2D eigenvalue weighted by molar-refractivity contribution is -0.127. The van der Waals surface area contributed by atoms with E-state index in [9.17, 15) is 26.9 Å². The van der Waals surface area contributed by atoms with E-state index < -0.39 is 22.6 Å². The number of hydrogen-bond acceptors (Lipinski definition) is 7. The number of likely N-dealkylation sites (tertiary alicyclic amines) is 1. The number of nitrogens with zero attached hydrogens (tertiary/aromatic N) is 6. The number of alkyl halides is 3. The van der Waals surface area contributed by atoms with Gasteiger partial charge in [0, 0.05) is 53.9 Å². The van der Waals surface area contributed by atoms with Crippen LogP contribution in [0.1, 0.15) is 60.9 Å². The van der Waals surface area contributed by atoms with Crippen LogP contribution >= 0.6 is 0 Å². The largest absolute Gasteiger partial charge is 0.393 e. The minimum absolute atomic E-state index is 0.0114. The number of sulfonamides is 1. The first-order valence-corrected chi connectivity index (χ1v) is 18.9. The van der Waals surface area contributed by atoms with E-state index in [1.165, 1.54) is 29.8 Å². The maximum atomic E-state index is 13.1. The summed E-state index contributed by atoms with van der Waals surface area (Å²) in [5.41, 5.74) is 5.24. The lowest BCUT2D eigenvalue weighted by atomic mass is 9.72. The fourth-order valence-corrected chi connectivity index (χ4v) is 9.19. The van der Waals surface area contributed by atoms with E-state index in [-0.39, 0.29) is 17.0 Å². The first-order valence-electron chi connectivity index (χ1n) is 17.0. The molecule has 1 saturated carbocycles. The number of benzene rings is 2. The topological polar surface area (TPSA) is 107 Å². The highest BCUT2D eigenvalue weighted by molar-refractivity contribution is 7.88. The van der Waals surface area contributed by atoms with Gasteiger partial charge in [-0.2, -0.15) is 18.4 Å². The maximum Gasteiger partial charge on any atom is 0.393 e. The van der Waals surface area contributed by atoms with E-state index in [1.807, 2.05) is 6.07 Å². The van der Waals surface area contributed by atoms with Crippen molar-refractivity contribution < 1.29 is 21.6 Å². The monoisotopic (exact) mass is 693 g/mol. The molecule has 0 bridgehead atoms. The number of aryl methyl sites for hydroxylation is 1. The number of piperidine rings is 1. The quantitative estimate of drug-likeness (QED) is 0.239. The Balaban J connectivity index is 0.976. The fraction of sp³-hybridized carbons (Fsp3) is 0.528. The Morgan fingerprint density at radius 1 is 1.02 bits per heavy atom. The van der Waals surface area contributed by atoms with Crippen molar-refractivity contribution in [3.63, 3.8) is 0 Å². The van der Waals surface area contributed by atoms with Gasteiger partial charge in [-0.3, -0.25) is 4.90 Å². The lowest BCUT2D eigenvalue weighted by Crippen LogP contribution is -2.60. The van der Waals surface area contributed by atoms with E-state index in [0.717, 1.165) is 88.7 Å². The molecule has 1 N–H and O–H groups in total. The Bertz CT molecular complexity index is 2010. The molecule has 2 aromatic carbocycles. The number of aromatic nitrogens is 3. The molecule has 4 aromatic rings. The van der Waals surface area contributed by atoms with Crippen molar-refractivity contribution in [1.82, 2.24) is 24.2 Å². The van der Waals surface area contributed by atoms with Gasteiger partial charge >= 0.3 is 6.18 Å². The van der Waals surface area contributed by atoms with Crippen molar-refractivity contribution in [3.05, 3.63) is 65.1 Å². The van der Waals surface area contributed by atoms with Crippen LogP contribution in [-0.4, -0.2) is 72.5 Å². The van der Waals surface area contributed by atoms with Crippen LogP contribution in [-0.2, 0) is 29.5 Å². The van der Waals surface area contributed by atoms with Crippen LogP contribution in [0, 0.1) is 29.6 Å². The molecule has 49 heavy (non-hydrogen) atoms. The minimum Gasteiger partial charge on any atom is -0.355 e. The van der Waals surface area contributed by atoms with E-state index >= 15 is 0 Å². The van der Waals surface area contributed by atoms with Gasteiger partial charge in [0.1, 0.15) is 23.9 Å². The van der Waals surface area contributed by atoms with Gasteiger partial charge in [0.15, 0.2) is 0 Å². The second kappa shape index (κ2) is 12.9. The number of nitrogens with one attached hydrogen (secondary N) is 1. The third-order valence-corrected chi connectivity index (χ3v) is 11.8. The Kier molecular flexibility index (Phi) is 8.86. The minimum atomic E-state index is -4.27. The van der Waals surface area contributed by atoms with Gasteiger partial charge in [0.25, 0.3) is 0 Å². The molecule has 0 atom stereocenters. The van der Waals surface area contributed by atoms with Gasteiger partial charge in [0.05, 0.1) is 18.2 Å². The van der Waals surface area contributed by atoms with Gasteiger partial charge < -0.3 is 9.47 Å². The van der Waals surface area contributed by atoms with Gasteiger partial charge in [-0.1, -0.05) is 12.1 Å². The second-order valence-electron chi connectivity index (χ2n) is 14.6. The molecule has 260 valence electrons. The van der Waals surface area contributed by atoms with E-state index in [1.54, 1.807) is 12.1 Å². The molecular formula is C36H42F3N7O2S. The predicted molar refractivity (Wildman–Crippen MR) is 184 cm³/mol. The van der Waals surface area contributed by atoms with Crippen LogP contribution in [0.25, 0.3) is 21.8 Å². The molecule has 3 aliphatic rings. The first kappa shape index (κ1) is 33.8. The molecule has 9 nitrogen and oxygen atoms in total. The standard InChI is InChI=1S/C36H42F3N7O2S/c1-24-27(6-10-33-30(24)16-29(18-40)46(33)19-25-3-7-28(8-4-25)43-49(2,47)48)20-44-13-11-35(12-14-44)21-45(22-35)34-31-15-26(17-36(37,38)39)5-9-32(31)41-23-42-34/h5-6,9-10,15-16,23,25,28,43H,3-4,7-8,11-14,17,19-22H2,1-2H3/t25-,28-. The van der Waals surface area contributed by atoms with Crippen molar-refractivity contribution in [2.75, 3.05) is 37.3 Å². The Morgan fingerprint density at radius 2 is 1.76 bits per heavy atom. The third kappa shape index (κ3) is 7.28. The molecule has 2 saturated heterocycles. The second-order valence-corrected chi connectivity index (χ2v) is 16.4. The zero-order chi connectivity index (χ0) is 34.6. The SMILES string of the molecule is Cc1c(CN2CCC3(CC2)CN(c2ncnc4ccc(CC(F)(F)F)cc24)C3)ccc2c1cc(C#N)n2C[C@H]1CC[C@H](NS(C)(=O)=O)CC1. The van der Waals surface area contributed by atoms with Crippen molar-refractivity contribution in [3.8, 4) is 6.07 Å². The van der Waals surface area contributed by atoms with Crippen molar-refractivity contribution >= 4 is 37.6 Å². The molecule has 3 fully saturated rings. The van der Waals surface area contributed by atoms with E-state index in [4.69, 9.17) is 0 Å². The summed E-state index contributed by atoms with van der Waals surface area (Å²) in [7, 11) is -3.21. The Hall–Kier alpha value is -3.73. The molecular weight excluding hydrogens is 652 g/mol. The number of rotatable bonds is 8. The molecule has 1 spiro atoms. The summed E-state index contributed by atoms with van der Waals surface area (Å²) in [6.45, 7) is 7.34. The normalized spacial score (nSPS) is 21.7. The van der Waals surface area contributed by atoms with Crippen LogP contribution in [0.5, 0.6) is 0 Å². The number of nitriles is 1. The van der Waals surface area contributed by atoms with Crippen LogP contribution in [0.4, 0.5) is 19.0 Å².